The molecule has 0 unspecified atom stereocenters. The highest BCUT2D eigenvalue weighted by Crippen LogP contribution is 2.23. The molecular weight excluding hydrogens is 373 g/mol. The molecular formula is C21H30FN5S. The van der Waals surface area contributed by atoms with Crippen molar-refractivity contribution in [1.82, 2.24) is 9.62 Å². The van der Waals surface area contributed by atoms with Crippen molar-refractivity contribution in [1.29, 1.82) is 0 Å². The monoisotopic (exact) mass is 403 g/mol. The van der Waals surface area contributed by atoms with Gasteiger partial charge >= 0.3 is 0 Å². The molecule has 1 heterocycles. The zero-order valence-electron chi connectivity index (χ0n) is 16.8. The first-order valence-corrected chi connectivity index (χ1v) is 10.1. The highest BCUT2D eigenvalue weighted by molar-refractivity contribution is 7.96. The average Bonchev–Trinajstić information content (AvgIpc) is 2.65. The molecule has 0 bridgehead atoms. The quantitative estimate of drug-likeness (QED) is 0.224. The van der Waals surface area contributed by atoms with E-state index in [1.165, 1.54) is 24.2 Å². The number of nitrogens with two attached hydrogens (primary N) is 2. The van der Waals surface area contributed by atoms with Gasteiger partial charge in [-0.05, 0) is 43.4 Å². The van der Waals surface area contributed by atoms with E-state index in [9.17, 15) is 4.39 Å². The number of nitrogens with one attached hydrogen (secondary N) is 1. The van der Waals surface area contributed by atoms with Crippen molar-refractivity contribution in [2.24, 2.45) is 16.5 Å². The number of allylic oxidation sites excluding steroid dienone is 7. The summed E-state index contributed by atoms with van der Waals surface area (Å²) in [6.07, 6.45) is 11.9. The summed E-state index contributed by atoms with van der Waals surface area (Å²) < 4.78 is 17.1. The van der Waals surface area contributed by atoms with Gasteiger partial charge < -0.3 is 16.4 Å². The standard InChI is InChI=1S/C21H30FN5S/c1-6-15(3)11-19(25-8-9-26-28-5)18(7-2)21(24)20(12-23)27-13-16(4)10-17(22)14-27/h6-7,10-13,26H,1-2,8-9,14,23-24H2,3-5H3/b15-11+,20-12-,21-18?,25-19?. The van der Waals surface area contributed by atoms with Crippen molar-refractivity contribution in [2.75, 3.05) is 25.9 Å². The third-order valence-corrected chi connectivity index (χ3v) is 4.40. The summed E-state index contributed by atoms with van der Waals surface area (Å²) in [5.74, 6) is -0.258. The Kier molecular flexibility index (Phi) is 10.1. The first-order valence-electron chi connectivity index (χ1n) is 8.84. The highest BCUT2D eigenvalue weighted by Gasteiger charge is 2.19. The van der Waals surface area contributed by atoms with Gasteiger partial charge in [0.25, 0.3) is 0 Å². The van der Waals surface area contributed by atoms with Crippen LogP contribution in [-0.4, -0.2) is 36.5 Å². The van der Waals surface area contributed by atoms with E-state index in [1.807, 2.05) is 26.2 Å². The molecule has 0 radical (unpaired) electrons. The topological polar surface area (TPSA) is 79.7 Å². The van der Waals surface area contributed by atoms with Crippen LogP contribution in [0.2, 0.25) is 0 Å². The Morgan fingerprint density at radius 3 is 2.68 bits per heavy atom. The lowest BCUT2D eigenvalue weighted by molar-refractivity contribution is 0.436. The van der Waals surface area contributed by atoms with Crippen LogP contribution in [-0.2, 0) is 0 Å². The molecule has 1 rings (SSSR count). The Morgan fingerprint density at radius 2 is 2.14 bits per heavy atom. The predicted octanol–water partition coefficient (Wildman–Crippen LogP) is 3.70. The summed E-state index contributed by atoms with van der Waals surface area (Å²) in [5, 5.41) is 0. The average molecular weight is 404 g/mol. The van der Waals surface area contributed by atoms with Gasteiger partial charge in [0, 0.05) is 24.5 Å². The molecule has 0 aliphatic carbocycles. The van der Waals surface area contributed by atoms with E-state index >= 15 is 0 Å². The zero-order chi connectivity index (χ0) is 21.1. The fraction of sp³-hybridized carbons (Fsp3) is 0.286. The van der Waals surface area contributed by atoms with Crippen molar-refractivity contribution >= 4 is 17.7 Å². The smallest absolute Gasteiger partial charge is 0.120 e. The van der Waals surface area contributed by atoms with Gasteiger partial charge in [-0.25, -0.2) is 4.39 Å². The van der Waals surface area contributed by atoms with Crippen LogP contribution in [0.25, 0.3) is 0 Å². The molecule has 28 heavy (non-hydrogen) atoms. The molecule has 0 fully saturated rings. The summed E-state index contributed by atoms with van der Waals surface area (Å²) in [6, 6.07) is 0. The molecule has 0 atom stereocenters. The van der Waals surface area contributed by atoms with Gasteiger partial charge in [-0.15, -0.1) is 0 Å². The van der Waals surface area contributed by atoms with E-state index in [1.54, 1.807) is 23.3 Å². The van der Waals surface area contributed by atoms with E-state index in [0.717, 1.165) is 11.1 Å². The van der Waals surface area contributed by atoms with E-state index in [2.05, 4.69) is 22.9 Å². The van der Waals surface area contributed by atoms with Gasteiger partial charge in [-0.2, -0.15) is 0 Å². The Morgan fingerprint density at radius 1 is 1.43 bits per heavy atom. The van der Waals surface area contributed by atoms with Gasteiger partial charge in [0.2, 0.25) is 0 Å². The normalized spacial score (nSPS) is 17.0. The van der Waals surface area contributed by atoms with Gasteiger partial charge in [0.05, 0.1) is 30.2 Å². The van der Waals surface area contributed by atoms with Crippen LogP contribution in [0.15, 0.2) is 88.8 Å². The molecule has 0 aromatic heterocycles. The number of halogens is 1. The fourth-order valence-electron chi connectivity index (χ4n) is 2.58. The van der Waals surface area contributed by atoms with Gasteiger partial charge in [0.15, 0.2) is 0 Å². The fourth-order valence-corrected chi connectivity index (χ4v) is 2.87. The summed E-state index contributed by atoms with van der Waals surface area (Å²) in [7, 11) is 0. The molecule has 152 valence electrons. The Labute approximate surface area is 172 Å². The summed E-state index contributed by atoms with van der Waals surface area (Å²) >= 11 is 1.53. The van der Waals surface area contributed by atoms with Crippen LogP contribution in [0, 0.1) is 0 Å². The number of nitrogens with zero attached hydrogens (tertiary/aromatic N) is 2. The molecule has 5 N–H and O–H groups in total. The third-order valence-electron chi connectivity index (χ3n) is 3.91. The summed E-state index contributed by atoms with van der Waals surface area (Å²) in [6.45, 7) is 12.8. The lowest BCUT2D eigenvalue weighted by atomic mass is 10.0. The molecule has 1 aliphatic heterocycles. The Bertz CT molecular complexity index is 772. The van der Waals surface area contributed by atoms with Crippen LogP contribution in [0.4, 0.5) is 4.39 Å². The van der Waals surface area contributed by atoms with E-state index in [0.29, 0.717) is 35.8 Å². The maximum atomic E-state index is 13.9. The second-order valence-electron chi connectivity index (χ2n) is 6.13. The molecule has 0 aromatic carbocycles. The van der Waals surface area contributed by atoms with Crippen LogP contribution in [0.3, 0.4) is 0 Å². The number of rotatable bonds is 10. The van der Waals surface area contributed by atoms with Crippen LogP contribution < -0.4 is 16.2 Å². The molecule has 7 heteroatoms. The minimum atomic E-state index is -0.258. The van der Waals surface area contributed by atoms with Crippen LogP contribution >= 0.6 is 11.9 Å². The Hall–Kier alpha value is -2.51. The molecule has 0 spiro atoms. The molecule has 0 saturated carbocycles. The second-order valence-corrected chi connectivity index (χ2v) is 6.83. The third kappa shape index (κ3) is 6.90. The summed E-state index contributed by atoms with van der Waals surface area (Å²) in [4.78, 5) is 6.33. The van der Waals surface area contributed by atoms with Gasteiger partial charge in [0.1, 0.15) is 5.83 Å². The zero-order valence-corrected chi connectivity index (χ0v) is 17.7. The van der Waals surface area contributed by atoms with Crippen LogP contribution in [0.1, 0.15) is 13.8 Å². The van der Waals surface area contributed by atoms with Crippen LogP contribution in [0.5, 0.6) is 0 Å². The van der Waals surface area contributed by atoms with E-state index in [4.69, 9.17) is 11.5 Å². The molecule has 1 aliphatic rings. The van der Waals surface area contributed by atoms with Crippen molar-refractivity contribution in [3.63, 3.8) is 0 Å². The Balaban J connectivity index is 3.37. The predicted molar refractivity (Wildman–Crippen MR) is 121 cm³/mol. The SMILES string of the molecule is C=CC(C(/C=C(\C)C=C)=NCCNSC)=C(N)/C(=C/N)N1C=C(C)C=C(F)C1. The molecule has 0 amide bonds. The largest absolute Gasteiger partial charge is 0.403 e. The van der Waals surface area contributed by atoms with E-state index < -0.39 is 0 Å². The van der Waals surface area contributed by atoms with E-state index in [-0.39, 0.29) is 12.4 Å². The summed E-state index contributed by atoms with van der Waals surface area (Å²) in [5.41, 5.74) is 16.2. The maximum Gasteiger partial charge on any atom is 0.120 e. The van der Waals surface area contributed by atoms with Gasteiger partial charge in [-0.3, -0.25) is 9.71 Å². The number of hydrogen-bond acceptors (Lipinski definition) is 6. The first-order chi connectivity index (χ1) is 13.4. The van der Waals surface area contributed by atoms with Crippen molar-refractivity contribution < 1.29 is 4.39 Å². The minimum Gasteiger partial charge on any atom is -0.403 e. The lowest BCUT2D eigenvalue weighted by Crippen LogP contribution is -2.27. The first kappa shape index (κ1) is 23.5. The van der Waals surface area contributed by atoms with Crippen molar-refractivity contribution in [2.45, 2.75) is 13.8 Å². The minimum absolute atomic E-state index is 0.0666. The second kappa shape index (κ2) is 12.0. The van der Waals surface area contributed by atoms with Crippen molar-refractivity contribution in [3.05, 3.63) is 83.8 Å². The maximum absolute atomic E-state index is 13.9. The number of aliphatic imine (C=N–C) groups is 1. The highest BCUT2D eigenvalue weighted by atomic mass is 32.2. The van der Waals surface area contributed by atoms with Crippen molar-refractivity contribution in [3.8, 4) is 0 Å². The lowest BCUT2D eigenvalue weighted by Gasteiger charge is -2.27. The number of hydrogen-bond donors (Lipinski definition) is 3. The molecule has 0 aromatic rings. The molecule has 5 nitrogen and oxygen atoms in total. The molecule has 0 saturated heterocycles. The van der Waals surface area contributed by atoms with Gasteiger partial charge in [-0.1, -0.05) is 37.3 Å².